The Labute approximate surface area is 128 Å². The first-order chi connectivity index (χ1) is 10.7. The number of carbonyl (C=O) groups is 1. The molecule has 0 heterocycles. The lowest BCUT2D eigenvalue weighted by Crippen LogP contribution is -2.25. The van der Waals surface area contributed by atoms with Crippen molar-refractivity contribution >= 4 is 5.91 Å². The van der Waals surface area contributed by atoms with Crippen LogP contribution in [0.1, 0.15) is 11.1 Å². The van der Waals surface area contributed by atoms with Gasteiger partial charge in [-0.1, -0.05) is 30.3 Å². The molecule has 0 aromatic heterocycles. The lowest BCUT2D eigenvalue weighted by molar-refractivity contribution is -0.120. The molecule has 22 heavy (non-hydrogen) atoms. The first kappa shape index (κ1) is 16.0. The van der Waals surface area contributed by atoms with E-state index in [9.17, 15) is 9.18 Å². The number of halogens is 1. The molecule has 2 aromatic carbocycles. The van der Waals surface area contributed by atoms with Crippen LogP contribution in [0.15, 0.2) is 48.5 Å². The quantitative estimate of drug-likeness (QED) is 0.823. The summed E-state index contributed by atoms with van der Waals surface area (Å²) in [4.78, 5) is 11.9. The van der Waals surface area contributed by atoms with Crippen LogP contribution in [0.25, 0.3) is 0 Å². The Balaban J connectivity index is 1.91. The molecule has 2 N–H and O–H groups in total. The second-order valence-corrected chi connectivity index (χ2v) is 4.76. The maximum atomic E-state index is 13.1. The van der Waals surface area contributed by atoms with Crippen molar-refractivity contribution in [2.75, 3.05) is 13.2 Å². The van der Waals surface area contributed by atoms with Gasteiger partial charge in [-0.15, -0.1) is 0 Å². The van der Waals surface area contributed by atoms with Gasteiger partial charge in [0.1, 0.15) is 18.2 Å². The van der Waals surface area contributed by atoms with Crippen LogP contribution in [0.5, 0.6) is 5.75 Å². The Morgan fingerprint density at radius 1 is 1.18 bits per heavy atom. The summed E-state index contributed by atoms with van der Waals surface area (Å²) in [6, 6.07) is 13.3. The monoisotopic (exact) mass is 303 g/mol. The lowest BCUT2D eigenvalue weighted by Gasteiger charge is -2.11. The first-order valence-corrected chi connectivity index (χ1v) is 7.02. The fourth-order valence-electron chi connectivity index (χ4n) is 2.03. The highest BCUT2D eigenvalue weighted by atomic mass is 19.1. The maximum Gasteiger partial charge on any atom is 0.224 e. The van der Waals surface area contributed by atoms with Crippen LogP contribution in [-0.4, -0.2) is 24.2 Å². The fraction of sp³-hybridized carbons (Fsp3) is 0.235. The second kappa shape index (κ2) is 8.14. The van der Waals surface area contributed by atoms with E-state index in [1.165, 1.54) is 12.1 Å². The molecule has 0 aliphatic heterocycles. The molecule has 0 saturated heterocycles. The van der Waals surface area contributed by atoms with Gasteiger partial charge in [0.2, 0.25) is 5.91 Å². The summed E-state index contributed by atoms with van der Waals surface area (Å²) >= 11 is 0. The number of amides is 1. The highest BCUT2D eigenvalue weighted by Crippen LogP contribution is 2.17. The largest absolute Gasteiger partial charge is 0.491 e. The fourth-order valence-corrected chi connectivity index (χ4v) is 2.03. The topological polar surface area (TPSA) is 58.6 Å². The zero-order valence-corrected chi connectivity index (χ0v) is 12.1. The summed E-state index contributed by atoms with van der Waals surface area (Å²) in [5.74, 6) is 0.0817. The van der Waals surface area contributed by atoms with Gasteiger partial charge in [0.25, 0.3) is 0 Å². The molecule has 0 unspecified atom stereocenters. The summed E-state index contributed by atoms with van der Waals surface area (Å²) in [7, 11) is 0. The number of carbonyl (C=O) groups excluding carboxylic acids is 1. The maximum absolute atomic E-state index is 13.1. The average molecular weight is 303 g/mol. The number of nitrogens with one attached hydrogen (secondary N) is 1. The number of rotatable bonds is 7. The zero-order valence-electron chi connectivity index (χ0n) is 12.1. The van der Waals surface area contributed by atoms with E-state index in [-0.39, 0.29) is 31.4 Å². The van der Waals surface area contributed by atoms with E-state index < -0.39 is 0 Å². The first-order valence-electron chi connectivity index (χ1n) is 7.02. The predicted octanol–water partition coefficient (Wildman–Crippen LogP) is 2.06. The summed E-state index contributed by atoms with van der Waals surface area (Å²) in [5, 5.41) is 11.6. The molecule has 5 heteroatoms. The van der Waals surface area contributed by atoms with E-state index in [0.717, 1.165) is 5.56 Å². The van der Waals surface area contributed by atoms with E-state index in [1.807, 2.05) is 18.2 Å². The summed E-state index contributed by atoms with van der Waals surface area (Å²) in [6.45, 7) is 0.449. The molecule has 0 spiro atoms. The number of aliphatic hydroxyl groups excluding tert-OH is 1. The van der Waals surface area contributed by atoms with Crippen molar-refractivity contribution < 1.29 is 19.0 Å². The van der Waals surface area contributed by atoms with Crippen LogP contribution in [0, 0.1) is 5.82 Å². The number of ether oxygens (including phenoxy) is 1. The van der Waals surface area contributed by atoms with Gasteiger partial charge in [-0.25, -0.2) is 4.39 Å². The van der Waals surface area contributed by atoms with Crippen molar-refractivity contribution in [3.63, 3.8) is 0 Å². The van der Waals surface area contributed by atoms with E-state index in [1.54, 1.807) is 18.2 Å². The van der Waals surface area contributed by atoms with Crippen LogP contribution in [0.3, 0.4) is 0 Å². The molecular weight excluding hydrogens is 285 g/mol. The van der Waals surface area contributed by atoms with Crippen molar-refractivity contribution in [1.29, 1.82) is 0 Å². The van der Waals surface area contributed by atoms with Crippen LogP contribution in [0.2, 0.25) is 0 Å². The summed E-state index contributed by atoms with van der Waals surface area (Å²) < 4.78 is 18.5. The van der Waals surface area contributed by atoms with Crippen molar-refractivity contribution in [1.82, 2.24) is 5.32 Å². The Bertz CT molecular complexity index is 631. The van der Waals surface area contributed by atoms with Crippen molar-refractivity contribution in [2.24, 2.45) is 0 Å². The van der Waals surface area contributed by atoms with Gasteiger partial charge < -0.3 is 15.2 Å². The highest BCUT2D eigenvalue weighted by Gasteiger charge is 2.07. The third kappa shape index (κ3) is 4.86. The molecule has 0 fully saturated rings. The van der Waals surface area contributed by atoms with E-state index in [2.05, 4.69) is 5.32 Å². The van der Waals surface area contributed by atoms with Gasteiger partial charge in [0.15, 0.2) is 0 Å². The van der Waals surface area contributed by atoms with Crippen LogP contribution >= 0.6 is 0 Å². The molecule has 0 aliphatic rings. The number of hydrogen-bond acceptors (Lipinski definition) is 3. The Morgan fingerprint density at radius 3 is 2.77 bits per heavy atom. The molecule has 2 aromatic rings. The molecular formula is C17H18FNO3. The van der Waals surface area contributed by atoms with Gasteiger partial charge in [-0.3, -0.25) is 4.79 Å². The van der Waals surface area contributed by atoms with Crippen LogP contribution < -0.4 is 10.1 Å². The molecule has 4 nitrogen and oxygen atoms in total. The SMILES string of the molecule is O=C(Cc1cccc(F)c1)NCc1ccccc1OCCO. The smallest absolute Gasteiger partial charge is 0.224 e. The lowest BCUT2D eigenvalue weighted by atomic mass is 10.1. The molecule has 0 atom stereocenters. The minimum atomic E-state index is -0.354. The Morgan fingerprint density at radius 2 is 2.00 bits per heavy atom. The van der Waals surface area contributed by atoms with Crippen LogP contribution in [-0.2, 0) is 17.8 Å². The molecule has 0 saturated carbocycles. The predicted molar refractivity (Wildman–Crippen MR) is 81.0 cm³/mol. The van der Waals surface area contributed by atoms with Gasteiger partial charge in [0, 0.05) is 12.1 Å². The Hall–Kier alpha value is -2.40. The third-order valence-corrected chi connectivity index (χ3v) is 3.05. The highest BCUT2D eigenvalue weighted by molar-refractivity contribution is 5.78. The third-order valence-electron chi connectivity index (χ3n) is 3.05. The number of aliphatic hydroxyl groups is 1. The number of benzene rings is 2. The minimum absolute atomic E-state index is 0.0692. The van der Waals surface area contributed by atoms with Gasteiger partial charge in [-0.05, 0) is 23.8 Å². The van der Waals surface area contributed by atoms with Crippen molar-refractivity contribution in [3.05, 3.63) is 65.5 Å². The molecule has 0 aliphatic carbocycles. The molecule has 0 bridgehead atoms. The van der Waals surface area contributed by atoms with Crippen molar-refractivity contribution in [3.8, 4) is 5.75 Å². The standard InChI is InChI=1S/C17H18FNO3/c18-15-6-3-4-13(10-15)11-17(21)19-12-14-5-1-2-7-16(14)22-9-8-20/h1-7,10,20H,8-9,11-12H2,(H,19,21). The molecule has 116 valence electrons. The summed E-state index contributed by atoms with van der Waals surface area (Å²) in [6.07, 6.45) is 0.122. The van der Waals surface area contributed by atoms with E-state index in [0.29, 0.717) is 17.9 Å². The van der Waals surface area contributed by atoms with Crippen molar-refractivity contribution in [2.45, 2.75) is 13.0 Å². The summed E-state index contributed by atoms with van der Waals surface area (Å²) in [5.41, 5.74) is 1.45. The normalized spacial score (nSPS) is 10.3. The number of hydrogen-bond donors (Lipinski definition) is 2. The molecule has 0 radical (unpaired) electrons. The van der Waals surface area contributed by atoms with Gasteiger partial charge >= 0.3 is 0 Å². The van der Waals surface area contributed by atoms with Gasteiger partial charge in [0.05, 0.1) is 13.0 Å². The number of para-hydroxylation sites is 1. The zero-order chi connectivity index (χ0) is 15.8. The van der Waals surface area contributed by atoms with Crippen LogP contribution in [0.4, 0.5) is 4.39 Å². The van der Waals surface area contributed by atoms with E-state index >= 15 is 0 Å². The molecule has 2 rings (SSSR count). The van der Waals surface area contributed by atoms with E-state index in [4.69, 9.17) is 9.84 Å². The minimum Gasteiger partial charge on any atom is -0.491 e. The molecule has 1 amide bonds. The Kier molecular flexibility index (Phi) is 5.91. The average Bonchev–Trinajstić information content (AvgIpc) is 2.51. The second-order valence-electron chi connectivity index (χ2n) is 4.76. The van der Waals surface area contributed by atoms with Gasteiger partial charge in [-0.2, -0.15) is 0 Å².